The molecule has 0 bridgehead atoms. The van der Waals surface area contributed by atoms with Crippen LogP contribution in [0.4, 0.5) is 0 Å². The standard InChI is InChI=1S/C17H23N5O/c1-2-18-17(22-9-8-14(23)12-22)20-11-16-19-10-15(21-16)13-6-4-3-5-7-13/h3-7,10,14,23H,2,8-9,11-12H2,1H3,(H,18,20)(H,19,21)/t14-/m1/s1. The van der Waals surface area contributed by atoms with Crippen LogP contribution in [0.1, 0.15) is 19.2 Å². The Labute approximate surface area is 136 Å². The summed E-state index contributed by atoms with van der Waals surface area (Å²) in [5, 5.41) is 13.0. The zero-order chi connectivity index (χ0) is 16.1. The Hall–Kier alpha value is -2.34. The van der Waals surface area contributed by atoms with E-state index in [1.807, 2.05) is 31.3 Å². The normalized spacial score (nSPS) is 18.4. The predicted octanol–water partition coefficient (Wildman–Crippen LogP) is 1.61. The molecule has 2 aromatic rings. The number of nitrogens with zero attached hydrogens (tertiary/aromatic N) is 3. The maximum absolute atomic E-state index is 9.69. The van der Waals surface area contributed by atoms with Crippen LogP contribution in [0.3, 0.4) is 0 Å². The van der Waals surface area contributed by atoms with Crippen LogP contribution >= 0.6 is 0 Å². The highest BCUT2D eigenvalue weighted by atomic mass is 16.3. The largest absolute Gasteiger partial charge is 0.391 e. The third-order valence-electron chi connectivity index (χ3n) is 3.89. The number of benzene rings is 1. The first-order valence-corrected chi connectivity index (χ1v) is 8.07. The zero-order valence-corrected chi connectivity index (χ0v) is 13.4. The fourth-order valence-electron chi connectivity index (χ4n) is 2.72. The van der Waals surface area contributed by atoms with Crippen molar-refractivity contribution in [3.8, 4) is 11.3 Å². The number of nitrogens with one attached hydrogen (secondary N) is 2. The number of aliphatic hydroxyl groups is 1. The molecule has 122 valence electrons. The minimum Gasteiger partial charge on any atom is -0.391 e. The fraction of sp³-hybridized carbons (Fsp3) is 0.412. The predicted molar refractivity (Wildman–Crippen MR) is 91.0 cm³/mol. The molecule has 0 saturated carbocycles. The number of imidazole rings is 1. The van der Waals surface area contributed by atoms with Crippen LogP contribution in [0, 0.1) is 0 Å². The first-order valence-electron chi connectivity index (χ1n) is 8.07. The summed E-state index contributed by atoms with van der Waals surface area (Å²) in [5.41, 5.74) is 2.11. The van der Waals surface area contributed by atoms with E-state index in [4.69, 9.17) is 0 Å². The quantitative estimate of drug-likeness (QED) is 0.592. The second-order valence-electron chi connectivity index (χ2n) is 5.67. The highest BCUT2D eigenvalue weighted by Gasteiger charge is 2.22. The second kappa shape index (κ2) is 7.28. The van der Waals surface area contributed by atoms with Crippen LogP contribution in [-0.2, 0) is 6.54 Å². The van der Waals surface area contributed by atoms with Gasteiger partial charge in [0.1, 0.15) is 12.4 Å². The lowest BCUT2D eigenvalue weighted by Gasteiger charge is -2.20. The van der Waals surface area contributed by atoms with Crippen molar-refractivity contribution in [2.45, 2.75) is 26.0 Å². The summed E-state index contributed by atoms with van der Waals surface area (Å²) in [6, 6.07) is 10.1. The van der Waals surface area contributed by atoms with Gasteiger partial charge in [-0.05, 0) is 18.9 Å². The molecule has 3 rings (SSSR count). The van der Waals surface area contributed by atoms with E-state index in [2.05, 4.69) is 37.3 Å². The third kappa shape index (κ3) is 3.90. The average Bonchev–Trinajstić information content (AvgIpc) is 3.21. The van der Waals surface area contributed by atoms with Gasteiger partial charge < -0.3 is 20.3 Å². The molecular weight excluding hydrogens is 290 g/mol. The lowest BCUT2D eigenvalue weighted by molar-refractivity contribution is 0.188. The molecule has 6 heteroatoms. The Morgan fingerprint density at radius 1 is 1.43 bits per heavy atom. The van der Waals surface area contributed by atoms with Gasteiger partial charge in [0, 0.05) is 19.6 Å². The van der Waals surface area contributed by atoms with Gasteiger partial charge in [-0.3, -0.25) is 0 Å². The monoisotopic (exact) mass is 313 g/mol. The lowest BCUT2D eigenvalue weighted by Crippen LogP contribution is -2.40. The summed E-state index contributed by atoms with van der Waals surface area (Å²) in [4.78, 5) is 14.4. The van der Waals surface area contributed by atoms with Crippen LogP contribution in [0.2, 0.25) is 0 Å². The summed E-state index contributed by atoms with van der Waals surface area (Å²) >= 11 is 0. The van der Waals surface area contributed by atoms with Gasteiger partial charge in [-0.1, -0.05) is 30.3 Å². The number of aromatic nitrogens is 2. The van der Waals surface area contributed by atoms with E-state index < -0.39 is 0 Å². The molecule has 0 spiro atoms. The van der Waals surface area contributed by atoms with Crippen LogP contribution in [0.15, 0.2) is 41.5 Å². The van der Waals surface area contributed by atoms with Crippen molar-refractivity contribution in [2.75, 3.05) is 19.6 Å². The Morgan fingerprint density at radius 3 is 2.96 bits per heavy atom. The van der Waals surface area contributed by atoms with Crippen molar-refractivity contribution in [1.29, 1.82) is 0 Å². The molecule has 23 heavy (non-hydrogen) atoms. The zero-order valence-electron chi connectivity index (χ0n) is 13.4. The van der Waals surface area contributed by atoms with Gasteiger partial charge in [0.2, 0.25) is 0 Å². The smallest absolute Gasteiger partial charge is 0.194 e. The number of aromatic amines is 1. The highest BCUT2D eigenvalue weighted by Crippen LogP contribution is 2.16. The first-order chi connectivity index (χ1) is 11.3. The van der Waals surface area contributed by atoms with Gasteiger partial charge in [0.05, 0.1) is 18.0 Å². The molecule has 1 saturated heterocycles. The maximum Gasteiger partial charge on any atom is 0.194 e. The molecule has 1 aromatic carbocycles. The molecule has 0 unspecified atom stereocenters. The Morgan fingerprint density at radius 2 is 2.26 bits per heavy atom. The Kier molecular flexibility index (Phi) is 4.92. The molecule has 1 atom stereocenters. The molecule has 6 nitrogen and oxygen atoms in total. The van der Waals surface area contributed by atoms with Gasteiger partial charge >= 0.3 is 0 Å². The first kappa shape index (κ1) is 15.6. The summed E-state index contributed by atoms with van der Waals surface area (Å²) in [6.07, 6.45) is 2.38. The SMILES string of the molecule is CCNC(=NCc1ncc(-c2ccccc2)[nH]1)N1CC[C@@H](O)C1. The van der Waals surface area contributed by atoms with Crippen LogP contribution < -0.4 is 5.32 Å². The van der Waals surface area contributed by atoms with E-state index in [0.717, 1.165) is 42.6 Å². The number of β-amino-alcohol motifs (C(OH)–C–C–N with tert-alkyl or cyclic N) is 1. The van der Waals surface area contributed by atoms with Crippen molar-refractivity contribution in [3.63, 3.8) is 0 Å². The van der Waals surface area contributed by atoms with Gasteiger partial charge in [0.15, 0.2) is 5.96 Å². The molecule has 1 aromatic heterocycles. The van der Waals surface area contributed by atoms with Crippen molar-refractivity contribution in [2.24, 2.45) is 4.99 Å². The molecule has 0 amide bonds. The lowest BCUT2D eigenvalue weighted by atomic mass is 10.2. The minimum atomic E-state index is -0.257. The summed E-state index contributed by atoms with van der Waals surface area (Å²) in [7, 11) is 0. The number of guanidine groups is 1. The van der Waals surface area contributed by atoms with Crippen molar-refractivity contribution < 1.29 is 5.11 Å². The molecule has 2 heterocycles. The molecule has 1 aliphatic heterocycles. The van der Waals surface area contributed by atoms with Gasteiger partial charge in [-0.25, -0.2) is 9.98 Å². The van der Waals surface area contributed by atoms with Crippen molar-refractivity contribution >= 4 is 5.96 Å². The number of likely N-dealkylation sites (tertiary alicyclic amines) is 1. The summed E-state index contributed by atoms with van der Waals surface area (Å²) < 4.78 is 0. The van der Waals surface area contributed by atoms with Crippen molar-refractivity contribution in [1.82, 2.24) is 20.2 Å². The fourth-order valence-corrected chi connectivity index (χ4v) is 2.72. The topological polar surface area (TPSA) is 76.5 Å². The number of H-pyrrole nitrogens is 1. The van der Waals surface area contributed by atoms with Crippen molar-refractivity contribution in [3.05, 3.63) is 42.4 Å². The van der Waals surface area contributed by atoms with Gasteiger partial charge in [-0.2, -0.15) is 0 Å². The third-order valence-corrected chi connectivity index (χ3v) is 3.89. The molecule has 3 N–H and O–H groups in total. The Bertz CT molecular complexity index is 652. The molecule has 0 aliphatic carbocycles. The Balaban J connectivity index is 1.69. The van der Waals surface area contributed by atoms with E-state index in [9.17, 15) is 5.11 Å². The van der Waals surface area contributed by atoms with E-state index in [1.54, 1.807) is 0 Å². The van der Waals surface area contributed by atoms with E-state index in [0.29, 0.717) is 13.1 Å². The average molecular weight is 313 g/mol. The summed E-state index contributed by atoms with van der Waals surface area (Å²) in [6.45, 7) is 4.81. The van der Waals surface area contributed by atoms with E-state index >= 15 is 0 Å². The van der Waals surface area contributed by atoms with Gasteiger partial charge in [0.25, 0.3) is 0 Å². The van der Waals surface area contributed by atoms with E-state index in [1.165, 1.54) is 0 Å². The number of aliphatic hydroxyl groups excluding tert-OH is 1. The number of hydrogen-bond donors (Lipinski definition) is 3. The van der Waals surface area contributed by atoms with Crippen LogP contribution in [0.25, 0.3) is 11.3 Å². The number of rotatable bonds is 4. The van der Waals surface area contributed by atoms with Gasteiger partial charge in [-0.15, -0.1) is 0 Å². The highest BCUT2D eigenvalue weighted by molar-refractivity contribution is 5.80. The van der Waals surface area contributed by atoms with E-state index in [-0.39, 0.29) is 6.10 Å². The molecule has 1 fully saturated rings. The molecular formula is C17H23N5O. The van der Waals surface area contributed by atoms with Crippen LogP contribution in [0.5, 0.6) is 0 Å². The minimum absolute atomic E-state index is 0.257. The maximum atomic E-state index is 9.69. The number of aliphatic imine (C=N–C) groups is 1. The molecule has 1 aliphatic rings. The second-order valence-corrected chi connectivity index (χ2v) is 5.67. The summed E-state index contributed by atoms with van der Waals surface area (Å²) in [5.74, 6) is 1.67. The molecule has 0 radical (unpaired) electrons. The van der Waals surface area contributed by atoms with Crippen LogP contribution in [-0.4, -0.2) is 51.7 Å². The number of hydrogen-bond acceptors (Lipinski definition) is 3.